The molecule has 0 aliphatic rings. The molecule has 21 heavy (non-hydrogen) atoms. The van der Waals surface area contributed by atoms with Crippen molar-refractivity contribution in [2.45, 2.75) is 13.5 Å². The number of alkyl halides is 2. The predicted octanol–water partition coefficient (Wildman–Crippen LogP) is 3.51. The van der Waals surface area contributed by atoms with E-state index in [0.29, 0.717) is 10.6 Å². The number of rotatable bonds is 6. The molecular weight excluding hydrogens is 304 g/mol. The molecule has 2 rings (SSSR count). The van der Waals surface area contributed by atoms with Gasteiger partial charge in [-0.2, -0.15) is 8.78 Å². The molecule has 0 fully saturated rings. The van der Waals surface area contributed by atoms with Gasteiger partial charge in [0.15, 0.2) is 11.5 Å². The van der Waals surface area contributed by atoms with Crippen LogP contribution in [0.25, 0.3) is 10.6 Å². The summed E-state index contributed by atoms with van der Waals surface area (Å²) in [5.41, 5.74) is 0.567. The topological polar surface area (TPSA) is 68.7 Å². The van der Waals surface area contributed by atoms with Gasteiger partial charge in [0.1, 0.15) is 9.88 Å². The van der Waals surface area contributed by atoms with Gasteiger partial charge in [-0.05, 0) is 25.1 Å². The van der Waals surface area contributed by atoms with Crippen LogP contribution in [0.2, 0.25) is 0 Å². The number of thiazole rings is 1. The number of hydrogen-bond donors (Lipinski definition) is 1. The number of carboxylic acid groups (broad SMARTS) is 1. The van der Waals surface area contributed by atoms with Crippen molar-refractivity contribution in [2.24, 2.45) is 0 Å². The zero-order valence-electron chi connectivity index (χ0n) is 10.9. The number of halogens is 2. The highest BCUT2D eigenvalue weighted by molar-refractivity contribution is 7.16. The number of aromatic nitrogens is 1. The molecule has 0 saturated heterocycles. The first-order valence-electron chi connectivity index (χ1n) is 5.92. The first-order chi connectivity index (χ1) is 10.0. The number of carbonyl (C=O) groups is 1. The van der Waals surface area contributed by atoms with Crippen molar-refractivity contribution in [1.29, 1.82) is 0 Å². The number of aromatic carboxylic acids is 1. The molecule has 0 atom stereocenters. The molecule has 1 aromatic heterocycles. The van der Waals surface area contributed by atoms with Crippen LogP contribution in [0.4, 0.5) is 8.78 Å². The Labute approximate surface area is 122 Å². The predicted molar refractivity (Wildman–Crippen MR) is 72.3 cm³/mol. The molecule has 5 nitrogen and oxygen atoms in total. The lowest BCUT2D eigenvalue weighted by Gasteiger charge is -2.11. The van der Waals surface area contributed by atoms with E-state index in [-0.39, 0.29) is 23.0 Å². The number of carboxylic acids is 1. The van der Waals surface area contributed by atoms with Gasteiger partial charge in [0.05, 0.1) is 12.8 Å². The van der Waals surface area contributed by atoms with Crippen LogP contribution in [0, 0.1) is 0 Å². The molecule has 0 radical (unpaired) electrons. The Hall–Kier alpha value is -2.22. The highest BCUT2D eigenvalue weighted by Gasteiger charge is 2.15. The average Bonchev–Trinajstić information content (AvgIpc) is 2.90. The normalized spacial score (nSPS) is 10.7. The second-order valence-corrected chi connectivity index (χ2v) is 4.84. The molecule has 0 unspecified atom stereocenters. The van der Waals surface area contributed by atoms with Crippen LogP contribution in [0.15, 0.2) is 24.4 Å². The third-order valence-corrected chi connectivity index (χ3v) is 3.46. The number of ether oxygens (including phenoxy) is 2. The van der Waals surface area contributed by atoms with Crippen LogP contribution in [-0.4, -0.2) is 29.3 Å². The summed E-state index contributed by atoms with van der Waals surface area (Å²) in [7, 11) is 0. The fourth-order valence-electron chi connectivity index (χ4n) is 1.61. The molecule has 0 aliphatic carbocycles. The summed E-state index contributed by atoms with van der Waals surface area (Å²) < 4.78 is 34.2. The quantitative estimate of drug-likeness (QED) is 0.883. The first-order valence-corrected chi connectivity index (χ1v) is 6.74. The van der Waals surface area contributed by atoms with Crippen LogP contribution in [-0.2, 0) is 0 Å². The van der Waals surface area contributed by atoms with E-state index >= 15 is 0 Å². The fraction of sp³-hybridized carbons (Fsp3) is 0.231. The standard InChI is InChI=1S/C13H11F2NO4S/c1-2-19-9-5-7(3-4-8(9)20-13(14)15)11-16-6-10(21-11)12(17)18/h3-6,13H,2H2,1H3,(H,17,18). The lowest BCUT2D eigenvalue weighted by atomic mass is 10.2. The molecule has 0 bridgehead atoms. The highest BCUT2D eigenvalue weighted by Crippen LogP contribution is 2.35. The fourth-order valence-corrected chi connectivity index (χ4v) is 2.36. The van der Waals surface area contributed by atoms with Gasteiger partial charge in [-0.1, -0.05) is 0 Å². The van der Waals surface area contributed by atoms with Gasteiger partial charge < -0.3 is 14.6 Å². The van der Waals surface area contributed by atoms with Crippen molar-refractivity contribution in [3.05, 3.63) is 29.3 Å². The highest BCUT2D eigenvalue weighted by atomic mass is 32.1. The summed E-state index contributed by atoms with van der Waals surface area (Å²) in [6, 6.07) is 4.35. The van der Waals surface area contributed by atoms with Crippen molar-refractivity contribution in [1.82, 2.24) is 4.98 Å². The van der Waals surface area contributed by atoms with Crippen molar-refractivity contribution in [3.8, 4) is 22.1 Å². The average molecular weight is 315 g/mol. The molecule has 0 amide bonds. The van der Waals surface area contributed by atoms with E-state index in [1.54, 1.807) is 6.92 Å². The lowest BCUT2D eigenvalue weighted by molar-refractivity contribution is -0.0514. The maximum absolute atomic E-state index is 12.3. The van der Waals surface area contributed by atoms with Crippen molar-refractivity contribution in [2.75, 3.05) is 6.61 Å². The Morgan fingerprint density at radius 2 is 2.19 bits per heavy atom. The van der Waals surface area contributed by atoms with Crippen LogP contribution < -0.4 is 9.47 Å². The number of nitrogens with zero attached hydrogens (tertiary/aromatic N) is 1. The molecule has 1 aromatic carbocycles. The van der Waals surface area contributed by atoms with Gasteiger partial charge in [0, 0.05) is 5.56 Å². The molecule has 0 aliphatic heterocycles. The van der Waals surface area contributed by atoms with Gasteiger partial charge in [-0.25, -0.2) is 9.78 Å². The molecule has 2 aromatic rings. The number of hydrogen-bond acceptors (Lipinski definition) is 5. The summed E-state index contributed by atoms with van der Waals surface area (Å²) in [5, 5.41) is 9.33. The van der Waals surface area contributed by atoms with Gasteiger partial charge in [0.25, 0.3) is 0 Å². The van der Waals surface area contributed by atoms with Gasteiger partial charge in [-0.3, -0.25) is 0 Å². The van der Waals surface area contributed by atoms with E-state index in [2.05, 4.69) is 9.72 Å². The zero-order valence-corrected chi connectivity index (χ0v) is 11.7. The van der Waals surface area contributed by atoms with E-state index < -0.39 is 12.6 Å². The minimum absolute atomic E-state index is 0.0781. The third kappa shape index (κ3) is 3.66. The molecule has 8 heteroatoms. The molecule has 0 spiro atoms. The molecule has 112 valence electrons. The van der Waals surface area contributed by atoms with Crippen molar-refractivity contribution in [3.63, 3.8) is 0 Å². The van der Waals surface area contributed by atoms with Crippen LogP contribution in [0.3, 0.4) is 0 Å². The van der Waals surface area contributed by atoms with Crippen LogP contribution in [0.1, 0.15) is 16.6 Å². The van der Waals surface area contributed by atoms with Gasteiger partial charge >= 0.3 is 12.6 Å². The largest absolute Gasteiger partial charge is 0.490 e. The number of benzene rings is 1. The lowest BCUT2D eigenvalue weighted by Crippen LogP contribution is -2.04. The minimum Gasteiger partial charge on any atom is -0.490 e. The second-order valence-electron chi connectivity index (χ2n) is 3.81. The van der Waals surface area contributed by atoms with Crippen LogP contribution in [0.5, 0.6) is 11.5 Å². The summed E-state index contributed by atoms with van der Waals surface area (Å²) in [6.07, 6.45) is 1.24. The summed E-state index contributed by atoms with van der Waals surface area (Å²) in [6.45, 7) is -0.958. The third-order valence-electron chi connectivity index (χ3n) is 2.42. The van der Waals surface area contributed by atoms with Crippen LogP contribution >= 0.6 is 11.3 Å². The smallest absolute Gasteiger partial charge is 0.387 e. The molecule has 1 N–H and O–H groups in total. The molecule has 1 heterocycles. The maximum Gasteiger partial charge on any atom is 0.387 e. The Morgan fingerprint density at radius 3 is 2.76 bits per heavy atom. The summed E-state index contributed by atoms with van der Waals surface area (Å²) in [4.78, 5) is 14.9. The monoisotopic (exact) mass is 315 g/mol. The maximum atomic E-state index is 12.3. The van der Waals surface area contributed by atoms with E-state index in [9.17, 15) is 13.6 Å². The molecular formula is C13H11F2NO4S. The Bertz CT molecular complexity index is 645. The minimum atomic E-state index is -2.95. The van der Waals surface area contributed by atoms with Gasteiger partial charge in [0.2, 0.25) is 0 Å². The van der Waals surface area contributed by atoms with Crippen molar-refractivity contribution < 1.29 is 28.2 Å². The molecule has 0 saturated carbocycles. The summed E-state index contributed by atoms with van der Waals surface area (Å²) >= 11 is 0.985. The van der Waals surface area contributed by atoms with E-state index in [4.69, 9.17) is 9.84 Å². The zero-order chi connectivity index (χ0) is 15.4. The first kappa shape index (κ1) is 15.2. The Kier molecular flexibility index (Phi) is 4.69. The van der Waals surface area contributed by atoms with Gasteiger partial charge in [-0.15, -0.1) is 11.3 Å². The SMILES string of the molecule is CCOc1cc(-c2ncc(C(=O)O)s2)ccc1OC(F)F. The van der Waals surface area contributed by atoms with E-state index in [0.717, 1.165) is 11.3 Å². The van der Waals surface area contributed by atoms with E-state index in [1.165, 1.54) is 24.4 Å². The summed E-state index contributed by atoms with van der Waals surface area (Å²) in [5.74, 6) is -0.991. The van der Waals surface area contributed by atoms with Crippen molar-refractivity contribution >= 4 is 17.3 Å². The Morgan fingerprint density at radius 1 is 1.43 bits per heavy atom. The Balaban J connectivity index is 2.35. The van der Waals surface area contributed by atoms with E-state index in [1.807, 2.05) is 0 Å². The second kappa shape index (κ2) is 6.49.